The van der Waals surface area contributed by atoms with Crippen molar-refractivity contribution >= 4 is 33.0 Å². The van der Waals surface area contributed by atoms with Crippen LogP contribution in [0.25, 0.3) is 44.5 Å². The van der Waals surface area contributed by atoms with E-state index in [1.165, 1.54) is 0 Å². The number of pyridine rings is 1. The Labute approximate surface area is 131 Å². The van der Waals surface area contributed by atoms with Gasteiger partial charge in [0, 0.05) is 10.8 Å². The smallest absolute Gasteiger partial charge is 0.178 e. The quantitative estimate of drug-likeness (QED) is 0.454. The minimum atomic E-state index is 0.606. The molecule has 108 valence electrons. The van der Waals surface area contributed by atoms with Crippen molar-refractivity contribution < 1.29 is 4.42 Å². The van der Waals surface area contributed by atoms with Crippen LogP contribution >= 0.6 is 0 Å². The maximum atomic E-state index is 5.77. The summed E-state index contributed by atoms with van der Waals surface area (Å²) < 4.78 is 5.77. The third kappa shape index (κ3) is 1.89. The van der Waals surface area contributed by atoms with Crippen LogP contribution in [0.15, 0.2) is 71.3 Å². The zero-order valence-electron chi connectivity index (χ0n) is 12.1. The molecule has 5 aromatic rings. The molecule has 0 bridgehead atoms. The van der Waals surface area contributed by atoms with Crippen LogP contribution in [0.4, 0.5) is 0 Å². The van der Waals surface area contributed by atoms with Crippen molar-refractivity contribution in [3.05, 3.63) is 66.9 Å². The summed E-state index contributed by atoms with van der Waals surface area (Å²) in [6, 6.07) is 19.9. The van der Waals surface area contributed by atoms with E-state index in [0.29, 0.717) is 11.4 Å². The van der Waals surface area contributed by atoms with Gasteiger partial charge in [-0.2, -0.15) is 0 Å². The van der Waals surface area contributed by atoms with Gasteiger partial charge >= 0.3 is 0 Å². The van der Waals surface area contributed by atoms with Crippen molar-refractivity contribution in [1.82, 2.24) is 15.0 Å². The largest absolute Gasteiger partial charge is 0.453 e. The molecular weight excluding hydrogens is 286 g/mol. The normalized spacial score (nSPS) is 11.5. The molecule has 0 saturated carbocycles. The van der Waals surface area contributed by atoms with Crippen LogP contribution < -0.4 is 0 Å². The number of hydrogen-bond acceptors (Lipinski definition) is 4. The Morgan fingerprint density at radius 3 is 2.61 bits per heavy atom. The number of para-hydroxylation sites is 2. The molecule has 2 aromatic carbocycles. The van der Waals surface area contributed by atoms with E-state index >= 15 is 0 Å². The Balaban J connectivity index is 1.76. The summed E-state index contributed by atoms with van der Waals surface area (Å²) in [5.74, 6) is 0.606. The van der Waals surface area contributed by atoms with E-state index < -0.39 is 0 Å². The predicted octanol–water partition coefficient (Wildman–Crippen LogP) is 4.59. The summed E-state index contributed by atoms with van der Waals surface area (Å²) in [5.41, 5.74) is 4.03. The second-order valence-electron chi connectivity index (χ2n) is 5.39. The zero-order chi connectivity index (χ0) is 15.2. The number of fused-ring (bicyclic) bond motifs is 4. The fourth-order valence-electron chi connectivity index (χ4n) is 2.82. The molecule has 0 unspecified atom stereocenters. The molecule has 0 aliphatic heterocycles. The highest BCUT2D eigenvalue weighted by molar-refractivity contribution is 6.02. The Morgan fingerprint density at radius 2 is 1.61 bits per heavy atom. The second-order valence-corrected chi connectivity index (χ2v) is 5.39. The molecule has 0 saturated heterocycles. The van der Waals surface area contributed by atoms with Crippen LogP contribution in [0.5, 0.6) is 0 Å². The van der Waals surface area contributed by atoms with Gasteiger partial charge in [-0.15, -0.1) is 0 Å². The predicted molar refractivity (Wildman–Crippen MR) is 90.0 cm³/mol. The molecule has 23 heavy (non-hydrogen) atoms. The van der Waals surface area contributed by atoms with Crippen LogP contribution in [-0.4, -0.2) is 15.0 Å². The van der Waals surface area contributed by atoms with Gasteiger partial charge in [-0.1, -0.05) is 36.4 Å². The number of rotatable bonds is 1. The molecule has 4 heteroatoms. The van der Waals surface area contributed by atoms with Gasteiger partial charge in [0.2, 0.25) is 0 Å². The lowest BCUT2D eigenvalue weighted by atomic mass is 10.2. The van der Waals surface area contributed by atoms with Gasteiger partial charge in [-0.25, -0.2) is 15.0 Å². The minimum absolute atomic E-state index is 0.606. The Kier molecular flexibility index (Phi) is 2.46. The van der Waals surface area contributed by atoms with Crippen molar-refractivity contribution in [1.29, 1.82) is 0 Å². The first-order chi connectivity index (χ1) is 11.4. The lowest BCUT2D eigenvalue weighted by Crippen LogP contribution is -1.92. The van der Waals surface area contributed by atoms with Gasteiger partial charge in [-0.05, 0) is 24.3 Å². The number of benzene rings is 2. The van der Waals surface area contributed by atoms with Gasteiger partial charge in [0.25, 0.3) is 0 Å². The molecular formula is C19H11N3O. The molecule has 4 nitrogen and oxygen atoms in total. The molecule has 0 N–H and O–H groups in total. The molecule has 0 radical (unpaired) electrons. The van der Waals surface area contributed by atoms with Gasteiger partial charge in [0.15, 0.2) is 11.4 Å². The van der Waals surface area contributed by atoms with E-state index in [0.717, 1.165) is 33.1 Å². The van der Waals surface area contributed by atoms with E-state index in [1.807, 2.05) is 60.7 Å². The standard InChI is InChI=1S/C19H11N3O/c1-3-7-14-12(5-1)9-10-15(21-14)19-20-11-17-18(22-19)13-6-2-4-8-16(13)23-17/h1-11H. The van der Waals surface area contributed by atoms with Crippen LogP contribution in [0.2, 0.25) is 0 Å². The average Bonchev–Trinajstić information content (AvgIpc) is 2.99. The monoisotopic (exact) mass is 297 g/mol. The fraction of sp³-hybridized carbons (Fsp3) is 0. The first-order valence-corrected chi connectivity index (χ1v) is 7.39. The van der Waals surface area contributed by atoms with E-state index in [9.17, 15) is 0 Å². The summed E-state index contributed by atoms with van der Waals surface area (Å²) in [6.45, 7) is 0. The summed E-state index contributed by atoms with van der Waals surface area (Å²) in [5, 5.41) is 2.10. The third-order valence-electron chi connectivity index (χ3n) is 3.94. The lowest BCUT2D eigenvalue weighted by molar-refractivity contribution is 0.666. The first-order valence-electron chi connectivity index (χ1n) is 7.39. The van der Waals surface area contributed by atoms with Crippen molar-refractivity contribution in [2.75, 3.05) is 0 Å². The van der Waals surface area contributed by atoms with Crippen molar-refractivity contribution in [3.63, 3.8) is 0 Å². The van der Waals surface area contributed by atoms with Crippen LogP contribution in [0.1, 0.15) is 0 Å². The van der Waals surface area contributed by atoms with Crippen molar-refractivity contribution in [2.45, 2.75) is 0 Å². The number of nitrogens with zero attached hydrogens (tertiary/aromatic N) is 3. The number of hydrogen-bond donors (Lipinski definition) is 0. The lowest BCUT2D eigenvalue weighted by Gasteiger charge is -2.01. The van der Waals surface area contributed by atoms with E-state index in [-0.39, 0.29) is 0 Å². The molecule has 0 fully saturated rings. The number of furan rings is 1. The zero-order valence-corrected chi connectivity index (χ0v) is 12.1. The van der Waals surface area contributed by atoms with Crippen LogP contribution in [0.3, 0.4) is 0 Å². The molecule has 0 aliphatic rings. The highest BCUT2D eigenvalue weighted by atomic mass is 16.3. The fourth-order valence-corrected chi connectivity index (χ4v) is 2.82. The van der Waals surface area contributed by atoms with E-state index in [4.69, 9.17) is 4.42 Å². The molecule has 0 spiro atoms. The topological polar surface area (TPSA) is 51.8 Å². The van der Waals surface area contributed by atoms with Crippen molar-refractivity contribution in [3.8, 4) is 11.5 Å². The van der Waals surface area contributed by atoms with Gasteiger partial charge in [0.1, 0.15) is 16.8 Å². The van der Waals surface area contributed by atoms with Gasteiger partial charge in [0.05, 0.1) is 11.7 Å². The SMILES string of the molecule is c1ccc2nc(-c3ncc4oc5ccccc5c4n3)ccc2c1. The Bertz CT molecular complexity index is 1180. The van der Waals surface area contributed by atoms with Crippen LogP contribution in [-0.2, 0) is 0 Å². The molecule has 3 heterocycles. The molecule has 0 atom stereocenters. The third-order valence-corrected chi connectivity index (χ3v) is 3.94. The maximum Gasteiger partial charge on any atom is 0.178 e. The number of aromatic nitrogens is 3. The first kappa shape index (κ1) is 12.3. The Hall–Kier alpha value is -3.27. The van der Waals surface area contributed by atoms with Gasteiger partial charge in [-0.3, -0.25) is 0 Å². The van der Waals surface area contributed by atoms with E-state index in [2.05, 4.69) is 15.0 Å². The summed E-state index contributed by atoms with van der Waals surface area (Å²) in [4.78, 5) is 13.7. The summed E-state index contributed by atoms with van der Waals surface area (Å²) in [7, 11) is 0. The van der Waals surface area contributed by atoms with Crippen LogP contribution in [0, 0.1) is 0 Å². The molecule has 0 aliphatic carbocycles. The maximum absolute atomic E-state index is 5.77. The van der Waals surface area contributed by atoms with Gasteiger partial charge < -0.3 is 4.42 Å². The summed E-state index contributed by atoms with van der Waals surface area (Å²) in [6.07, 6.45) is 1.72. The molecule has 0 amide bonds. The second kappa shape index (κ2) is 4.61. The summed E-state index contributed by atoms with van der Waals surface area (Å²) >= 11 is 0. The molecule has 5 rings (SSSR count). The highest BCUT2D eigenvalue weighted by Crippen LogP contribution is 2.28. The molecule has 3 aromatic heterocycles. The van der Waals surface area contributed by atoms with Crippen molar-refractivity contribution in [2.24, 2.45) is 0 Å². The highest BCUT2D eigenvalue weighted by Gasteiger charge is 2.11. The van der Waals surface area contributed by atoms with E-state index in [1.54, 1.807) is 6.20 Å². The Morgan fingerprint density at radius 1 is 0.739 bits per heavy atom. The average molecular weight is 297 g/mol. The minimum Gasteiger partial charge on any atom is -0.453 e.